The van der Waals surface area contributed by atoms with Crippen molar-refractivity contribution in [2.24, 2.45) is 11.8 Å². The Kier molecular flexibility index (Phi) is 3.70. The van der Waals surface area contributed by atoms with Gasteiger partial charge in [-0.1, -0.05) is 24.3 Å². The summed E-state index contributed by atoms with van der Waals surface area (Å²) in [7, 11) is 2.05. The minimum absolute atomic E-state index is 0.466. The van der Waals surface area contributed by atoms with Crippen LogP contribution >= 0.6 is 11.5 Å². The van der Waals surface area contributed by atoms with Crippen molar-refractivity contribution in [1.82, 2.24) is 14.9 Å². The van der Waals surface area contributed by atoms with E-state index in [4.69, 9.17) is 0 Å². The summed E-state index contributed by atoms with van der Waals surface area (Å²) >= 11 is 1.53. The maximum absolute atomic E-state index is 3.96. The molecule has 0 saturated heterocycles. The minimum Gasteiger partial charge on any atom is -0.312 e. The second-order valence-electron chi connectivity index (χ2n) is 4.62. The summed E-state index contributed by atoms with van der Waals surface area (Å²) < 4.78 is 3.96. The standard InChI is InChI=1S/C11H19N3S/c1-8-4-3-5-9(6-8)11(12-2)10-7-13-14-15-10/h7-9,11-12H,3-6H2,1-2H3. The summed E-state index contributed by atoms with van der Waals surface area (Å²) in [6.07, 6.45) is 7.35. The third kappa shape index (κ3) is 2.55. The van der Waals surface area contributed by atoms with Gasteiger partial charge in [-0.05, 0) is 43.3 Å². The van der Waals surface area contributed by atoms with Gasteiger partial charge < -0.3 is 5.32 Å². The molecule has 1 saturated carbocycles. The smallest absolute Gasteiger partial charge is 0.0669 e. The normalized spacial score (nSPS) is 28.9. The molecule has 0 aromatic carbocycles. The van der Waals surface area contributed by atoms with Crippen LogP contribution in [0.1, 0.15) is 43.5 Å². The van der Waals surface area contributed by atoms with Crippen molar-refractivity contribution < 1.29 is 0 Å². The fourth-order valence-electron chi connectivity index (χ4n) is 2.71. The van der Waals surface area contributed by atoms with Crippen LogP contribution in [0.3, 0.4) is 0 Å². The summed E-state index contributed by atoms with van der Waals surface area (Å²) in [6, 6.07) is 0.466. The zero-order valence-electron chi connectivity index (χ0n) is 9.44. The molecular weight excluding hydrogens is 206 g/mol. The van der Waals surface area contributed by atoms with Crippen molar-refractivity contribution in [3.05, 3.63) is 11.1 Å². The van der Waals surface area contributed by atoms with E-state index in [0.717, 1.165) is 11.8 Å². The highest BCUT2D eigenvalue weighted by Gasteiger charge is 2.27. The van der Waals surface area contributed by atoms with Gasteiger partial charge in [0.05, 0.1) is 11.1 Å². The molecule has 1 heterocycles. The van der Waals surface area contributed by atoms with Gasteiger partial charge >= 0.3 is 0 Å². The van der Waals surface area contributed by atoms with Crippen molar-refractivity contribution in [3.8, 4) is 0 Å². The van der Waals surface area contributed by atoms with E-state index in [9.17, 15) is 0 Å². The second-order valence-corrected chi connectivity index (χ2v) is 5.44. The monoisotopic (exact) mass is 225 g/mol. The van der Waals surface area contributed by atoms with E-state index in [0.29, 0.717) is 6.04 Å². The highest BCUT2D eigenvalue weighted by Crippen LogP contribution is 2.37. The van der Waals surface area contributed by atoms with Gasteiger partial charge in [-0.2, -0.15) is 0 Å². The number of nitrogens with one attached hydrogen (secondary N) is 1. The van der Waals surface area contributed by atoms with Crippen LogP contribution in [0, 0.1) is 11.8 Å². The lowest BCUT2D eigenvalue weighted by Crippen LogP contribution is -2.28. The van der Waals surface area contributed by atoms with Gasteiger partial charge in [0.2, 0.25) is 0 Å². The SMILES string of the molecule is CNC(c1cnns1)C1CCCC(C)C1. The Morgan fingerprint density at radius 3 is 3.00 bits per heavy atom. The molecule has 0 spiro atoms. The summed E-state index contributed by atoms with van der Waals surface area (Å²) in [5.41, 5.74) is 0. The van der Waals surface area contributed by atoms with Crippen LogP contribution in [0.25, 0.3) is 0 Å². The molecule has 4 heteroatoms. The molecule has 3 unspecified atom stereocenters. The number of nitrogens with zero attached hydrogens (tertiary/aromatic N) is 2. The molecule has 1 aliphatic carbocycles. The summed E-state index contributed by atoms with van der Waals surface area (Å²) in [5.74, 6) is 1.64. The molecule has 2 rings (SSSR count). The zero-order valence-corrected chi connectivity index (χ0v) is 10.3. The Morgan fingerprint density at radius 2 is 2.40 bits per heavy atom. The molecule has 3 atom stereocenters. The second kappa shape index (κ2) is 5.03. The number of rotatable bonds is 3. The molecule has 0 aliphatic heterocycles. The van der Waals surface area contributed by atoms with Crippen LogP contribution in [-0.4, -0.2) is 16.6 Å². The van der Waals surface area contributed by atoms with Crippen molar-refractivity contribution in [1.29, 1.82) is 0 Å². The van der Waals surface area contributed by atoms with E-state index in [2.05, 4.69) is 21.8 Å². The number of hydrogen-bond acceptors (Lipinski definition) is 4. The first-order valence-corrected chi connectivity index (χ1v) is 6.53. The van der Waals surface area contributed by atoms with Gasteiger partial charge in [0.15, 0.2) is 0 Å². The Balaban J connectivity index is 2.06. The van der Waals surface area contributed by atoms with Crippen molar-refractivity contribution in [2.45, 2.75) is 38.6 Å². The Hall–Kier alpha value is -0.480. The van der Waals surface area contributed by atoms with Crippen LogP contribution in [0.2, 0.25) is 0 Å². The van der Waals surface area contributed by atoms with Gasteiger partial charge in [0.1, 0.15) is 0 Å². The Bertz CT molecular complexity index is 286. The first-order chi connectivity index (χ1) is 7.31. The topological polar surface area (TPSA) is 37.8 Å². The summed E-state index contributed by atoms with van der Waals surface area (Å²) in [6.45, 7) is 2.36. The van der Waals surface area contributed by atoms with Crippen LogP contribution in [0.4, 0.5) is 0 Å². The summed E-state index contributed by atoms with van der Waals surface area (Å²) in [4.78, 5) is 1.29. The van der Waals surface area contributed by atoms with Crippen LogP contribution in [0.15, 0.2) is 6.20 Å². The lowest BCUT2D eigenvalue weighted by molar-refractivity contribution is 0.232. The molecule has 1 aromatic heterocycles. The molecule has 84 valence electrons. The average molecular weight is 225 g/mol. The molecule has 3 nitrogen and oxygen atoms in total. The first-order valence-electron chi connectivity index (χ1n) is 5.75. The first kappa shape index (κ1) is 11.0. The van der Waals surface area contributed by atoms with Crippen LogP contribution in [0.5, 0.6) is 0 Å². The largest absolute Gasteiger partial charge is 0.312 e. The van der Waals surface area contributed by atoms with Crippen molar-refractivity contribution in [3.63, 3.8) is 0 Å². The van der Waals surface area contributed by atoms with Crippen molar-refractivity contribution >= 4 is 11.5 Å². The number of aromatic nitrogens is 2. The van der Waals surface area contributed by atoms with Crippen molar-refractivity contribution in [2.75, 3.05) is 7.05 Å². The quantitative estimate of drug-likeness (QED) is 0.859. The maximum atomic E-state index is 3.96. The van der Waals surface area contributed by atoms with Gasteiger partial charge in [-0.25, -0.2) is 0 Å². The molecule has 15 heavy (non-hydrogen) atoms. The average Bonchev–Trinajstić information content (AvgIpc) is 2.72. The van der Waals surface area contributed by atoms with Crippen LogP contribution in [-0.2, 0) is 0 Å². The zero-order chi connectivity index (χ0) is 10.7. The van der Waals surface area contributed by atoms with Crippen LogP contribution < -0.4 is 5.32 Å². The van der Waals surface area contributed by atoms with E-state index >= 15 is 0 Å². The molecule has 1 aromatic rings. The molecule has 1 fully saturated rings. The Morgan fingerprint density at radius 1 is 1.53 bits per heavy atom. The molecule has 0 radical (unpaired) electrons. The van der Waals surface area contributed by atoms with Gasteiger partial charge in [-0.3, -0.25) is 0 Å². The lowest BCUT2D eigenvalue weighted by atomic mass is 9.78. The molecule has 1 N–H and O–H groups in total. The van der Waals surface area contributed by atoms with E-state index in [1.54, 1.807) is 0 Å². The van der Waals surface area contributed by atoms with E-state index < -0.39 is 0 Å². The highest BCUT2D eigenvalue weighted by atomic mass is 32.1. The maximum Gasteiger partial charge on any atom is 0.0669 e. The lowest BCUT2D eigenvalue weighted by Gasteiger charge is -2.32. The highest BCUT2D eigenvalue weighted by molar-refractivity contribution is 7.05. The predicted octanol–water partition coefficient (Wildman–Crippen LogP) is 2.62. The molecule has 0 bridgehead atoms. The fourth-order valence-corrected chi connectivity index (χ4v) is 3.41. The summed E-state index contributed by atoms with van der Waals surface area (Å²) in [5, 5.41) is 7.36. The van der Waals surface area contributed by atoms with E-state index in [1.165, 1.54) is 42.1 Å². The minimum atomic E-state index is 0.466. The van der Waals surface area contributed by atoms with Gasteiger partial charge in [0, 0.05) is 6.04 Å². The number of hydrogen-bond donors (Lipinski definition) is 1. The third-order valence-corrected chi connectivity index (χ3v) is 4.19. The van der Waals surface area contributed by atoms with E-state index in [1.807, 2.05) is 13.2 Å². The predicted molar refractivity (Wildman–Crippen MR) is 62.8 cm³/mol. The molecular formula is C11H19N3S. The Labute approximate surface area is 95.4 Å². The fraction of sp³-hybridized carbons (Fsp3) is 0.818. The van der Waals surface area contributed by atoms with Gasteiger partial charge in [0.25, 0.3) is 0 Å². The molecule has 0 amide bonds. The third-order valence-electron chi connectivity index (χ3n) is 3.44. The van der Waals surface area contributed by atoms with E-state index in [-0.39, 0.29) is 0 Å². The molecule has 1 aliphatic rings. The van der Waals surface area contributed by atoms with Gasteiger partial charge in [-0.15, -0.1) is 5.10 Å².